The molecule has 0 aliphatic heterocycles. The molecule has 0 aliphatic carbocycles. The number of nitro groups is 2. The van der Waals surface area contributed by atoms with Gasteiger partial charge in [0, 0.05) is 45.5 Å². The Hall–Kier alpha value is -4.30. The van der Waals surface area contributed by atoms with Gasteiger partial charge >= 0.3 is 0 Å². The molecule has 0 saturated heterocycles. The summed E-state index contributed by atoms with van der Waals surface area (Å²) in [5, 5.41) is 26.5. The summed E-state index contributed by atoms with van der Waals surface area (Å²) in [5.41, 5.74) is 2.21. The minimum atomic E-state index is -0.443. The third kappa shape index (κ3) is 3.74. The molecular formula is C26H16BrN3O4. The van der Waals surface area contributed by atoms with E-state index in [4.69, 9.17) is 0 Å². The quantitative estimate of drug-likeness (QED) is 0.135. The van der Waals surface area contributed by atoms with Gasteiger partial charge in [0.05, 0.1) is 15.5 Å². The van der Waals surface area contributed by atoms with Gasteiger partial charge in [-0.15, -0.1) is 0 Å². The summed E-state index contributed by atoms with van der Waals surface area (Å²) < 4.78 is 1.000. The Bertz CT molecular complexity index is 1510. The highest BCUT2D eigenvalue weighted by Crippen LogP contribution is 2.42. The summed E-state index contributed by atoms with van der Waals surface area (Å²) in [6, 6.07) is 28.6. The van der Waals surface area contributed by atoms with Crippen molar-refractivity contribution in [2.45, 2.75) is 0 Å². The number of fused-ring (bicyclic) bond motifs is 3. The highest BCUT2D eigenvalue weighted by atomic mass is 79.9. The van der Waals surface area contributed by atoms with E-state index in [1.165, 1.54) is 24.3 Å². The topological polar surface area (TPSA) is 89.5 Å². The molecule has 0 radical (unpaired) electrons. The molecule has 0 bridgehead atoms. The molecule has 166 valence electrons. The van der Waals surface area contributed by atoms with Crippen molar-refractivity contribution in [3.05, 3.63) is 122 Å². The molecule has 5 aromatic rings. The SMILES string of the molecule is O=[N+]([O-])c1ccc(N(c2ccc([N+](=O)[O-])cc2)c2cccc3c2ccc2c(Br)cccc23)cc1. The second-order valence-corrected chi connectivity index (χ2v) is 8.51. The molecule has 5 aromatic carbocycles. The molecule has 7 nitrogen and oxygen atoms in total. The van der Waals surface area contributed by atoms with Gasteiger partial charge in [-0.3, -0.25) is 20.2 Å². The van der Waals surface area contributed by atoms with Crippen LogP contribution in [0.3, 0.4) is 0 Å². The first kappa shape index (κ1) is 21.5. The Morgan fingerprint density at radius 2 is 1.03 bits per heavy atom. The van der Waals surface area contributed by atoms with E-state index in [9.17, 15) is 20.2 Å². The van der Waals surface area contributed by atoms with Gasteiger partial charge in [-0.05, 0) is 52.6 Å². The Morgan fingerprint density at radius 3 is 1.56 bits per heavy atom. The number of non-ortho nitro benzene ring substituents is 2. The molecule has 0 amide bonds. The Kier molecular flexibility index (Phi) is 5.43. The predicted octanol–water partition coefficient (Wildman–Crippen LogP) is 8.04. The van der Waals surface area contributed by atoms with Crippen LogP contribution in [0.2, 0.25) is 0 Å². The molecular weight excluding hydrogens is 498 g/mol. The van der Waals surface area contributed by atoms with Crippen LogP contribution in [0, 0.1) is 20.2 Å². The number of hydrogen-bond donors (Lipinski definition) is 0. The van der Waals surface area contributed by atoms with E-state index in [-0.39, 0.29) is 11.4 Å². The van der Waals surface area contributed by atoms with Crippen molar-refractivity contribution in [1.82, 2.24) is 0 Å². The minimum absolute atomic E-state index is 0.0128. The van der Waals surface area contributed by atoms with Gasteiger partial charge < -0.3 is 4.90 Å². The maximum atomic E-state index is 11.2. The van der Waals surface area contributed by atoms with E-state index >= 15 is 0 Å². The van der Waals surface area contributed by atoms with Crippen molar-refractivity contribution < 1.29 is 9.85 Å². The van der Waals surface area contributed by atoms with Crippen molar-refractivity contribution >= 4 is 65.9 Å². The lowest BCUT2D eigenvalue weighted by Gasteiger charge is -2.27. The second kappa shape index (κ2) is 8.57. The van der Waals surface area contributed by atoms with Crippen LogP contribution in [0.1, 0.15) is 0 Å². The molecule has 0 atom stereocenters. The van der Waals surface area contributed by atoms with Crippen molar-refractivity contribution in [2.75, 3.05) is 4.90 Å². The normalized spacial score (nSPS) is 11.0. The monoisotopic (exact) mass is 513 g/mol. The number of nitrogens with zero attached hydrogens (tertiary/aromatic N) is 3. The molecule has 0 saturated carbocycles. The first-order valence-electron chi connectivity index (χ1n) is 10.3. The molecule has 0 aliphatic rings. The van der Waals surface area contributed by atoms with Crippen LogP contribution in [0.25, 0.3) is 21.5 Å². The number of nitro benzene ring substituents is 2. The van der Waals surface area contributed by atoms with Crippen LogP contribution in [0.4, 0.5) is 28.4 Å². The number of hydrogen-bond acceptors (Lipinski definition) is 5. The highest BCUT2D eigenvalue weighted by molar-refractivity contribution is 9.10. The second-order valence-electron chi connectivity index (χ2n) is 7.66. The summed E-state index contributed by atoms with van der Waals surface area (Å²) in [7, 11) is 0. The van der Waals surface area contributed by atoms with Crippen molar-refractivity contribution in [2.24, 2.45) is 0 Å². The molecule has 0 fully saturated rings. The van der Waals surface area contributed by atoms with E-state index in [1.54, 1.807) is 24.3 Å². The van der Waals surface area contributed by atoms with Crippen LogP contribution in [0.5, 0.6) is 0 Å². The molecule has 5 rings (SSSR count). The van der Waals surface area contributed by atoms with E-state index in [1.807, 2.05) is 35.2 Å². The van der Waals surface area contributed by atoms with Gasteiger partial charge in [0.15, 0.2) is 0 Å². The fourth-order valence-corrected chi connectivity index (χ4v) is 4.64. The van der Waals surface area contributed by atoms with Gasteiger partial charge in [-0.2, -0.15) is 0 Å². The van der Waals surface area contributed by atoms with Gasteiger partial charge in [0.1, 0.15) is 0 Å². The molecule has 0 heterocycles. The summed E-state index contributed by atoms with van der Waals surface area (Å²) in [6.07, 6.45) is 0. The number of anilines is 3. The van der Waals surface area contributed by atoms with Crippen molar-refractivity contribution in [3.63, 3.8) is 0 Å². The van der Waals surface area contributed by atoms with Gasteiger partial charge in [-0.1, -0.05) is 52.3 Å². The number of halogens is 1. The van der Waals surface area contributed by atoms with Crippen LogP contribution in [0.15, 0.2) is 102 Å². The lowest BCUT2D eigenvalue weighted by atomic mass is 10.00. The summed E-state index contributed by atoms with van der Waals surface area (Å²) in [6.45, 7) is 0. The van der Waals surface area contributed by atoms with E-state index in [2.05, 4.69) is 34.1 Å². The van der Waals surface area contributed by atoms with E-state index in [0.717, 1.165) is 31.7 Å². The van der Waals surface area contributed by atoms with Gasteiger partial charge in [-0.25, -0.2) is 0 Å². The average Bonchev–Trinajstić information content (AvgIpc) is 2.85. The third-order valence-electron chi connectivity index (χ3n) is 5.72. The molecule has 34 heavy (non-hydrogen) atoms. The molecule has 0 aromatic heterocycles. The lowest BCUT2D eigenvalue weighted by Crippen LogP contribution is -2.10. The van der Waals surface area contributed by atoms with E-state index < -0.39 is 9.85 Å². The third-order valence-corrected chi connectivity index (χ3v) is 6.41. The van der Waals surface area contributed by atoms with Crippen molar-refractivity contribution in [1.29, 1.82) is 0 Å². The molecule has 0 N–H and O–H groups in total. The summed E-state index contributed by atoms with van der Waals surface area (Å²) in [4.78, 5) is 23.4. The minimum Gasteiger partial charge on any atom is -0.310 e. The Morgan fingerprint density at radius 1 is 0.559 bits per heavy atom. The molecule has 0 unspecified atom stereocenters. The highest BCUT2D eigenvalue weighted by Gasteiger charge is 2.18. The van der Waals surface area contributed by atoms with E-state index in [0.29, 0.717) is 11.4 Å². The van der Waals surface area contributed by atoms with Crippen LogP contribution in [-0.2, 0) is 0 Å². The summed E-state index contributed by atoms with van der Waals surface area (Å²) in [5.74, 6) is 0. The lowest BCUT2D eigenvalue weighted by molar-refractivity contribution is -0.385. The zero-order valence-corrected chi connectivity index (χ0v) is 19.2. The van der Waals surface area contributed by atoms with Crippen LogP contribution >= 0.6 is 15.9 Å². The fourth-order valence-electron chi connectivity index (χ4n) is 4.14. The van der Waals surface area contributed by atoms with Crippen LogP contribution in [-0.4, -0.2) is 9.85 Å². The number of benzene rings is 5. The zero-order chi connectivity index (χ0) is 23.8. The Balaban J connectivity index is 1.76. The van der Waals surface area contributed by atoms with Crippen molar-refractivity contribution in [3.8, 4) is 0 Å². The number of rotatable bonds is 5. The summed E-state index contributed by atoms with van der Waals surface area (Å²) >= 11 is 3.62. The van der Waals surface area contributed by atoms with Gasteiger partial charge in [0.2, 0.25) is 0 Å². The smallest absolute Gasteiger partial charge is 0.269 e. The predicted molar refractivity (Wildman–Crippen MR) is 137 cm³/mol. The zero-order valence-electron chi connectivity index (χ0n) is 17.6. The Labute approximate surface area is 202 Å². The maximum absolute atomic E-state index is 11.2. The first-order chi connectivity index (χ1) is 16.4. The first-order valence-corrected chi connectivity index (χ1v) is 11.1. The molecule has 8 heteroatoms. The van der Waals surface area contributed by atoms with Crippen LogP contribution < -0.4 is 4.90 Å². The largest absolute Gasteiger partial charge is 0.310 e. The fraction of sp³-hybridized carbons (Fsp3) is 0. The maximum Gasteiger partial charge on any atom is 0.269 e. The standard InChI is InChI=1S/C26H16BrN3O4/c27-25-5-1-3-21-22-4-2-6-26(24(22)16-15-23(21)25)28(17-7-11-19(12-8-17)29(31)32)18-9-13-20(14-10-18)30(33)34/h1-16H. The van der Waals surface area contributed by atoms with Gasteiger partial charge in [0.25, 0.3) is 11.4 Å². The average molecular weight is 514 g/mol. The molecule has 0 spiro atoms.